The quantitative estimate of drug-likeness (QED) is 0.836. The Morgan fingerprint density at radius 1 is 1.38 bits per heavy atom. The summed E-state index contributed by atoms with van der Waals surface area (Å²) in [6.45, 7) is 4.23. The van der Waals surface area contributed by atoms with Crippen LogP contribution >= 0.6 is 0 Å². The van der Waals surface area contributed by atoms with Crippen LogP contribution in [0.3, 0.4) is 0 Å². The molecule has 1 aromatic rings. The van der Waals surface area contributed by atoms with Crippen LogP contribution in [0, 0.1) is 5.82 Å². The van der Waals surface area contributed by atoms with Crippen molar-refractivity contribution < 1.29 is 19.1 Å². The van der Waals surface area contributed by atoms with Crippen LogP contribution in [0.4, 0.5) is 4.39 Å². The first kappa shape index (κ1) is 18.4. The standard InChI is InChI=1S/C18H25FN2O3/c1-3-5-16(22)21-11-4-6-15(21)18(24)20-12(2)17(23)13-7-9-14(19)10-8-13/h7-10,12,15,17,23H,3-6,11H2,1-2H3,(H,20,24). The highest BCUT2D eigenvalue weighted by atomic mass is 19.1. The minimum atomic E-state index is -0.934. The van der Waals surface area contributed by atoms with Gasteiger partial charge in [0.2, 0.25) is 11.8 Å². The Hall–Kier alpha value is -1.95. The normalized spacial score (nSPS) is 19.8. The third-order valence-corrected chi connectivity index (χ3v) is 4.39. The van der Waals surface area contributed by atoms with Gasteiger partial charge >= 0.3 is 0 Å². The van der Waals surface area contributed by atoms with E-state index < -0.39 is 18.2 Å². The van der Waals surface area contributed by atoms with Crippen LogP contribution in [0.2, 0.25) is 0 Å². The highest BCUT2D eigenvalue weighted by Gasteiger charge is 2.34. The molecule has 3 atom stereocenters. The van der Waals surface area contributed by atoms with Gasteiger partial charge in [0.25, 0.3) is 0 Å². The maximum atomic E-state index is 13.0. The average Bonchev–Trinajstić information content (AvgIpc) is 3.05. The van der Waals surface area contributed by atoms with E-state index in [1.807, 2.05) is 6.92 Å². The lowest BCUT2D eigenvalue weighted by molar-refractivity contribution is -0.139. The van der Waals surface area contributed by atoms with E-state index in [4.69, 9.17) is 0 Å². The van der Waals surface area contributed by atoms with Crippen LogP contribution in [-0.4, -0.2) is 40.4 Å². The number of benzene rings is 1. The highest BCUT2D eigenvalue weighted by molar-refractivity contribution is 5.88. The van der Waals surface area contributed by atoms with Crippen LogP contribution in [0.5, 0.6) is 0 Å². The predicted octanol–water partition coefficient (Wildman–Crippen LogP) is 2.15. The first-order valence-corrected chi connectivity index (χ1v) is 8.47. The fraction of sp³-hybridized carbons (Fsp3) is 0.556. The van der Waals surface area contributed by atoms with Gasteiger partial charge in [-0.05, 0) is 43.9 Å². The van der Waals surface area contributed by atoms with Crippen molar-refractivity contribution in [3.8, 4) is 0 Å². The van der Waals surface area contributed by atoms with E-state index in [2.05, 4.69) is 5.32 Å². The van der Waals surface area contributed by atoms with Crippen LogP contribution in [0.25, 0.3) is 0 Å². The summed E-state index contributed by atoms with van der Waals surface area (Å²) in [5, 5.41) is 13.1. The molecule has 0 spiro atoms. The van der Waals surface area contributed by atoms with Crippen LogP contribution in [0.15, 0.2) is 24.3 Å². The number of rotatable bonds is 6. The molecule has 2 N–H and O–H groups in total. The van der Waals surface area contributed by atoms with Crippen molar-refractivity contribution in [2.45, 2.75) is 57.7 Å². The highest BCUT2D eigenvalue weighted by Crippen LogP contribution is 2.21. The van der Waals surface area contributed by atoms with Crippen molar-refractivity contribution in [2.75, 3.05) is 6.54 Å². The van der Waals surface area contributed by atoms with Gasteiger partial charge in [-0.15, -0.1) is 0 Å². The summed E-state index contributed by atoms with van der Waals surface area (Å²) in [5.74, 6) is -0.619. The molecule has 1 aliphatic heterocycles. The second kappa shape index (κ2) is 8.24. The largest absolute Gasteiger partial charge is 0.386 e. The van der Waals surface area contributed by atoms with Gasteiger partial charge in [0.1, 0.15) is 11.9 Å². The zero-order valence-corrected chi connectivity index (χ0v) is 14.2. The zero-order valence-electron chi connectivity index (χ0n) is 14.2. The van der Waals surface area contributed by atoms with Crippen molar-refractivity contribution in [3.05, 3.63) is 35.6 Å². The molecule has 6 heteroatoms. The lowest BCUT2D eigenvalue weighted by Crippen LogP contribution is -2.49. The van der Waals surface area contributed by atoms with E-state index in [-0.39, 0.29) is 17.6 Å². The van der Waals surface area contributed by atoms with E-state index in [9.17, 15) is 19.1 Å². The summed E-state index contributed by atoms with van der Waals surface area (Å²) < 4.78 is 13.0. The molecule has 1 saturated heterocycles. The van der Waals surface area contributed by atoms with Crippen molar-refractivity contribution in [2.24, 2.45) is 0 Å². The summed E-state index contributed by atoms with van der Waals surface area (Å²) in [6, 6.07) is 4.54. The monoisotopic (exact) mass is 336 g/mol. The van der Waals surface area contributed by atoms with Gasteiger partial charge in [-0.25, -0.2) is 4.39 Å². The second-order valence-corrected chi connectivity index (χ2v) is 6.29. The second-order valence-electron chi connectivity index (χ2n) is 6.29. The third-order valence-electron chi connectivity index (χ3n) is 4.39. The molecule has 0 radical (unpaired) electrons. The Labute approximate surface area is 141 Å². The van der Waals surface area contributed by atoms with E-state index in [0.717, 1.165) is 12.8 Å². The van der Waals surface area contributed by atoms with Crippen LogP contribution in [0.1, 0.15) is 51.2 Å². The van der Waals surface area contributed by atoms with Gasteiger partial charge in [-0.1, -0.05) is 19.1 Å². The smallest absolute Gasteiger partial charge is 0.243 e. The van der Waals surface area contributed by atoms with Crippen LogP contribution in [-0.2, 0) is 9.59 Å². The first-order valence-electron chi connectivity index (χ1n) is 8.47. The topological polar surface area (TPSA) is 69.6 Å². The molecule has 0 aromatic heterocycles. The van der Waals surface area contributed by atoms with Crippen molar-refractivity contribution in [3.63, 3.8) is 0 Å². The first-order chi connectivity index (χ1) is 11.4. The number of aliphatic hydroxyl groups is 1. The summed E-state index contributed by atoms with van der Waals surface area (Å²) >= 11 is 0. The fourth-order valence-electron chi connectivity index (χ4n) is 3.04. The maximum absolute atomic E-state index is 13.0. The summed E-state index contributed by atoms with van der Waals surface area (Å²) in [6.07, 6.45) is 1.71. The average molecular weight is 336 g/mol. The Kier molecular flexibility index (Phi) is 6.31. The molecule has 1 heterocycles. The predicted molar refractivity (Wildman–Crippen MR) is 88.6 cm³/mol. The van der Waals surface area contributed by atoms with Gasteiger partial charge in [-0.3, -0.25) is 9.59 Å². The van der Waals surface area contributed by atoms with Gasteiger partial charge in [-0.2, -0.15) is 0 Å². The number of carbonyl (C=O) groups is 2. The van der Waals surface area contributed by atoms with Gasteiger partial charge in [0.15, 0.2) is 0 Å². The molecular formula is C18H25FN2O3. The number of hydrogen-bond donors (Lipinski definition) is 2. The molecule has 0 aliphatic carbocycles. The lowest BCUT2D eigenvalue weighted by atomic mass is 10.0. The van der Waals surface area contributed by atoms with Crippen molar-refractivity contribution in [1.29, 1.82) is 0 Å². The summed E-state index contributed by atoms with van der Waals surface area (Å²) in [5.41, 5.74) is 0.537. The van der Waals surface area contributed by atoms with Crippen LogP contribution < -0.4 is 5.32 Å². The molecule has 0 saturated carbocycles. The molecule has 1 aromatic carbocycles. The minimum Gasteiger partial charge on any atom is -0.386 e. The van der Waals surface area contributed by atoms with Gasteiger partial charge in [0.05, 0.1) is 12.1 Å². The van der Waals surface area contributed by atoms with E-state index in [1.165, 1.54) is 24.3 Å². The minimum absolute atomic E-state index is 0.00175. The molecule has 3 unspecified atom stereocenters. The molecule has 24 heavy (non-hydrogen) atoms. The maximum Gasteiger partial charge on any atom is 0.243 e. The number of nitrogens with one attached hydrogen (secondary N) is 1. The van der Waals surface area contributed by atoms with Crippen molar-refractivity contribution in [1.82, 2.24) is 10.2 Å². The number of carbonyl (C=O) groups excluding carboxylic acids is 2. The Balaban J connectivity index is 1.97. The zero-order chi connectivity index (χ0) is 17.7. The molecule has 1 aliphatic rings. The van der Waals surface area contributed by atoms with Gasteiger partial charge < -0.3 is 15.3 Å². The molecule has 1 fully saturated rings. The third kappa shape index (κ3) is 4.32. The molecule has 132 valence electrons. The number of hydrogen-bond acceptors (Lipinski definition) is 3. The number of likely N-dealkylation sites (tertiary alicyclic amines) is 1. The lowest BCUT2D eigenvalue weighted by Gasteiger charge is -2.27. The Morgan fingerprint density at radius 2 is 2.04 bits per heavy atom. The molecule has 2 amide bonds. The number of aliphatic hydroxyl groups excluding tert-OH is 1. The van der Waals surface area contributed by atoms with Crippen molar-refractivity contribution >= 4 is 11.8 Å². The molecule has 0 bridgehead atoms. The number of nitrogens with zero attached hydrogens (tertiary/aromatic N) is 1. The van der Waals surface area contributed by atoms with E-state index in [0.29, 0.717) is 24.9 Å². The summed E-state index contributed by atoms with van der Waals surface area (Å²) in [7, 11) is 0. The van der Waals surface area contributed by atoms with Gasteiger partial charge in [0, 0.05) is 13.0 Å². The SMILES string of the molecule is CCCC(=O)N1CCCC1C(=O)NC(C)C(O)c1ccc(F)cc1. The molecule has 2 rings (SSSR count). The fourth-order valence-corrected chi connectivity index (χ4v) is 3.04. The van der Waals surface area contributed by atoms with E-state index >= 15 is 0 Å². The molecular weight excluding hydrogens is 311 g/mol. The van der Waals surface area contributed by atoms with E-state index in [1.54, 1.807) is 11.8 Å². The Morgan fingerprint density at radius 3 is 2.67 bits per heavy atom. The summed E-state index contributed by atoms with van der Waals surface area (Å²) in [4.78, 5) is 26.2. The molecule has 5 nitrogen and oxygen atoms in total. The number of amides is 2. The Bertz CT molecular complexity index is 576. The number of halogens is 1.